The number of imide groups is 1. The van der Waals surface area contributed by atoms with Crippen LogP contribution in [-0.4, -0.2) is 29.9 Å². The van der Waals surface area contributed by atoms with Crippen LogP contribution in [0.4, 0.5) is 4.79 Å². The number of benzene rings is 1. The van der Waals surface area contributed by atoms with Crippen molar-refractivity contribution in [1.29, 1.82) is 0 Å². The van der Waals surface area contributed by atoms with Gasteiger partial charge in [0.25, 0.3) is 0 Å². The fourth-order valence-corrected chi connectivity index (χ4v) is 2.30. The molecule has 0 spiro atoms. The van der Waals surface area contributed by atoms with Gasteiger partial charge in [0.1, 0.15) is 6.04 Å². The standard InChI is InChI=1S/C15H16N2O4/c1-3-21-14(19)12-10(2)16-15(20)17(9-18)13(12)11-7-5-4-6-8-11/h4-9,13H,3H2,1-2H3,(H,16,20). The van der Waals surface area contributed by atoms with Crippen LogP contribution < -0.4 is 5.32 Å². The molecule has 6 nitrogen and oxygen atoms in total. The van der Waals surface area contributed by atoms with Crippen LogP contribution in [0.2, 0.25) is 0 Å². The van der Waals surface area contributed by atoms with Gasteiger partial charge in [-0.1, -0.05) is 30.3 Å². The Morgan fingerprint density at radius 2 is 2.05 bits per heavy atom. The van der Waals surface area contributed by atoms with Crippen LogP contribution in [0.1, 0.15) is 25.5 Å². The van der Waals surface area contributed by atoms with Gasteiger partial charge in [0.2, 0.25) is 6.41 Å². The summed E-state index contributed by atoms with van der Waals surface area (Å²) >= 11 is 0. The van der Waals surface area contributed by atoms with E-state index in [9.17, 15) is 14.4 Å². The zero-order chi connectivity index (χ0) is 15.4. The van der Waals surface area contributed by atoms with E-state index in [4.69, 9.17) is 4.74 Å². The molecular formula is C15H16N2O4. The summed E-state index contributed by atoms with van der Waals surface area (Å²) in [4.78, 5) is 36.4. The first-order valence-electron chi connectivity index (χ1n) is 6.57. The second-order valence-corrected chi connectivity index (χ2v) is 4.52. The zero-order valence-electron chi connectivity index (χ0n) is 11.8. The molecule has 0 fully saturated rings. The molecule has 1 aromatic rings. The molecule has 0 aliphatic carbocycles. The summed E-state index contributed by atoms with van der Waals surface area (Å²) in [6.07, 6.45) is 0.415. The molecule has 1 aliphatic rings. The Morgan fingerprint density at radius 1 is 1.38 bits per heavy atom. The molecule has 0 saturated heterocycles. The average Bonchev–Trinajstić information content (AvgIpc) is 2.47. The monoisotopic (exact) mass is 288 g/mol. The van der Waals surface area contributed by atoms with E-state index >= 15 is 0 Å². The van der Waals surface area contributed by atoms with Crippen molar-refractivity contribution in [2.75, 3.05) is 6.61 Å². The molecule has 1 unspecified atom stereocenters. The normalized spacial score (nSPS) is 18.3. The number of esters is 1. The van der Waals surface area contributed by atoms with Gasteiger partial charge >= 0.3 is 12.0 Å². The van der Waals surface area contributed by atoms with Gasteiger partial charge in [-0.25, -0.2) is 9.59 Å². The minimum atomic E-state index is -0.781. The van der Waals surface area contributed by atoms with Crippen LogP contribution in [0.5, 0.6) is 0 Å². The SMILES string of the molecule is CCOC(=O)C1=C(C)NC(=O)N(C=O)C1c1ccccc1. The highest BCUT2D eigenvalue weighted by molar-refractivity contribution is 5.98. The second kappa shape index (κ2) is 6.21. The number of urea groups is 1. The molecule has 1 atom stereocenters. The van der Waals surface area contributed by atoms with E-state index in [1.54, 1.807) is 38.1 Å². The fraction of sp³-hybridized carbons (Fsp3) is 0.267. The lowest BCUT2D eigenvalue weighted by atomic mass is 9.94. The minimum absolute atomic E-state index is 0.214. The summed E-state index contributed by atoms with van der Waals surface area (Å²) < 4.78 is 5.04. The zero-order valence-corrected chi connectivity index (χ0v) is 11.8. The van der Waals surface area contributed by atoms with Crippen molar-refractivity contribution in [3.63, 3.8) is 0 Å². The maximum absolute atomic E-state index is 12.2. The van der Waals surface area contributed by atoms with Crippen LogP contribution in [0.15, 0.2) is 41.6 Å². The third kappa shape index (κ3) is 2.79. The molecule has 1 N–H and O–H groups in total. The molecule has 0 saturated carbocycles. The van der Waals surface area contributed by atoms with E-state index in [-0.39, 0.29) is 12.2 Å². The lowest BCUT2D eigenvalue weighted by Gasteiger charge is -2.33. The lowest BCUT2D eigenvalue weighted by Crippen LogP contribution is -2.47. The first-order valence-corrected chi connectivity index (χ1v) is 6.57. The van der Waals surface area contributed by atoms with Crippen molar-refractivity contribution in [3.8, 4) is 0 Å². The topological polar surface area (TPSA) is 75.7 Å². The molecule has 3 amide bonds. The number of carbonyl (C=O) groups excluding carboxylic acids is 3. The van der Waals surface area contributed by atoms with Crippen LogP contribution >= 0.6 is 0 Å². The van der Waals surface area contributed by atoms with Gasteiger partial charge in [0, 0.05) is 5.70 Å². The van der Waals surface area contributed by atoms with Gasteiger partial charge < -0.3 is 10.1 Å². The Bertz CT molecular complexity index is 595. The number of nitrogens with one attached hydrogen (secondary N) is 1. The summed E-state index contributed by atoms with van der Waals surface area (Å²) in [5.74, 6) is -0.546. The number of amides is 3. The molecule has 0 aromatic heterocycles. The third-order valence-electron chi connectivity index (χ3n) is 3.21. The van der Waals surface area contributed by atoms with Crippen molar-refractivity contribution < 1.29 is 19.1 Å². The van der Waals surface area contributed by atoms with Crippen molar-refractivity contribution in [2.24, 2.45) is 0 Å². The molecule has 0 bridgehead atoms. The van der Waals surface area contributed by atoms with Gasteiger partial charge in [-0.2, -0.15) is 0 Å². The van der Waals surface area contributed by atoms with Gasteiger partial charge in [-0.05, 0) is 19.4 Å². The summed E-state index contributed by atoms with van der Waals surface area (Å²) in [5, 5.41) is 2.50. The molecule has 110 valence electrons. The highest BCUT2D eigenvalue weighted by atomic mass is 16.5. The van der Waals surface area contributed by atoms with Gasteiger partial charge in [-0.3, -0.25) is 9.69 Å². The van der Waals surface area contributed by atoms with Gasteiger partial charge in [0.05, 0.1) is 12.2 Å². The van der Waals surface area contributed by atoms with E-state index < -0.39 is 18.0 Å². The van der Waals surface area contributed by atoms with Crippen molar-refractivity contribution in [3.05, 3.63) is 47.2 Å². The summed E-state index contributed by atoms with van der Waals surface area (Å²) in [6, 6.07) is 7.55. The smallest absolute Gasteiger partial charge is 0.338 e. The van der Waals surface area contributed by atoms with Gasteiger partial charge in [-0.15, -0.1) is 0 Å². The first kappa shape index (κ1) is 14.8. The Hall–Kier alpha value is -2.63. The third-order valence-corrected chi connectivity index (χ3v) is 3.21. The fourth-order valence-electron chi connectivity index (χ4n) is 2.30. The van der Waals surface area contributed by atoms with E-state index in [0.717, 1.165) is 4.90 Å². The minimum Gasteiger partial charge on any atom is -0.463 e. The molecule has 2 rings (SSSR count). The number of allylic oxidation sites excluding steroid dienone is 1. The summed E-state index contributed by atoms with van der Waals surface area (Å²) in [7, 11) is 0. The second-order valence-electron chi connectivity index (χ2n) is 4.52. The van der Waals surface area contributed by atoms with Crippen molar-refractivity contribution in [2.45, 2.75) is 19.9 Å². The number of rotatable bonds is 4. The Balaban J connectivity index is 2.55. The predicted octanol–water partition coefficient (Wildman–Crippen LogP) is 1.75. The molecule has 1 aromatic carbocycles. The van der Waals surface area contributed by atoms with Crippen molar-refractivity contribution >= 4 is 18.4 Å². The molecule has 1 heterocycles. The highest BCUT2D eigenvalue weighted by Crippen LogP contribution is 2.33. The van der Waals surface area contributed by atoms with Gasteiger partial charge in [0.15, 0.2) is 0 Å². The highest BCUT2D eigenvalue weighted by Gasteiger charge is 2.38. The Morgan fingerprint density at radius 3 is 2.62 bits per heavy atom. The maximum atomic E-state index is 12.2. The molecule has 21 heavy (non-hydrogen) atoms. The van der Waals surface area contributed by atoms with Crippen LogP contribution in [0, 0.1) is 0 Å². The Labute approximate surface area is 122 Å². The van der Waals surface area contributed by atoms with Crippen LogP contribution in [0.3, 0.4) is 0 Å². The molecule has 0 radical (unpaired) electrons. The van der Waals surface area contributed by atoms with E-state index in [0.29, 0.717) is 17.7 Å². The first-order chi connectivity index (χ1) is 10.1. The predicted molar refractivity (Wildman–Crippen MR) is 75.0 cm³/mol. The lowest BCUT2D eigenvalue weighted by molar-refractivity contribution is -0.139. The quantitative estimate of drug-likeness (QED) is 0.676. The largest absolute Gasteiger partial charge is 0.463 e. The number of ether oxygens (including phenoxy) is 1. The molecule has 1 aliphatic heterocycles. The average molecular weight is 288 g/mol. The number of nitrogens with zero attached hydrogens (tertiary/aromatic N) is 1. The van der Waals surface area contributed by atoms with Crippen molar-refractivity contribution in [1.82, 2.24) is 10.2 Å². The summed E-state index contributed by atoms with van der Waals surface area (Å²) in [5.41, 5.74) is 1.32. The van der Waals surface area contributed by atoms with Crippen LogP contribution in [-0.2, 0) is 14.3 Å². The maximum Gasteiger partial charge on any atom is 0.338 e. The van der Waals surface area contributed by atoms with E-state index in [1.165, 1.54) is 0 Å². The van der Waals surface area contributed by atoms with E-state index in [2.05, 4.69) is 5.32 Å². The summed E-state index contributed by atoms with van der Waals surface area (Å²) in [6.45, 7) is 3.53. The molecule has 6 heteroatoms. The Kier molecular flexibility index (Phi) is 4.37. The van der Waals surface area contributed by atoms with E-state index in [1.807, 2.05) is 6.07 Å². The number of hydrogen-bond donors (Lipinski definition) is 1. The number of hydrogen-bond acceptors (Lipinski definition) is 4. The number of carbonyl (C=O) groups is 3. The van der Waals surface area contributed by atoms with Crippen LogP contribution in [0.25, 0.3) is 0 Å². The molecular weight excluding hydrogens is 272 g/mol.